The second kappa shape index (κ2) is 9.05. The van der Waals surface area contributed by atoms with Crippen LogP contribution in [-0.2, 0) is 10.0 Å². The molecule has 2 amide bonds. The van der Waals surface area contributed by atoms with E-state index >= 15 is 0 Å². The Morgan fingerprint density at radius 3 is 2.59 bits per heavy atom. The first-order valence-corrected chi connectivity index (χ1v) is 12.2. The quantitative estimate of drug-likeness (QED) is 0.408. The number of carbonyl (C=O) groups is 1. The Balaban J connectivity index is 1.62. The average molecular weight is 523 g/mol. The van der Waals surface area contributed by atoms with E-state index in [0.717, 1.165) is 22.0 Å². The number of thiophene rings is 1. The molecule has 4 aromatic rings. The van der Waals surface area contributed by atoms with Gasteiger partial charge < -0.3 is 10.1 Å². The largest absolute Gasteiger partial charge is 0.497 e. The van der Waals surface area contributed by atoms with Gasteiger partial charge in [-0.25, -0.2) is 27.3 Å². The van der Waals surface area contributed by atoms with Crippen LogP contribution in [0.25, 0.3) is 16.6 Å². The molecule has 0 radical (unpaired) electrons. The molecular formula is C21H16ClFN4O5S2. The van der Waals surface area contributed by atoms with Crippen LogP contribution >= 0.6 is 22.9 Å². The van der Waals surface area contributed by atoms with Gasteiger partial charge in [-0.3, -0.25) is 9.36 Å². The molecule has 2 aromatic heterocycles. The molecule has 176 valence electrons. The van der Waals surface area contributed by atoms with Gasteiger partial charge in [0.05, 0.1) is 28.0 Å². The lowest BCUT2D eigenvalue weighted by Gasteiger charge is -2.13. The van der Waals surface area contributed by atoms with Crippen molar-refractivity contribution in [2.24, 2.45) is 0 Å². The summed E-state index contributed by atoms with van der Waals surface area (Å²) in [6, 6.07) is 9.92. The second-order valence-corrected chi connectivity index (χ2v) is 10.6. The van der Waals surface area contributed by atoms with Gasteiger partial charge in [0.2, 0.25) is 0 Å². The molecule has 0 bridgehead atoms. The molecule has 0 atom stereocenters. The highest BCUT2D eigenvalue weighted by atomic mass is 35.5. The number of sulfonamides is 1. The van der Waals surface area contributed by atoms with Gasteiger partial charge in [0, 0.05) is 5.69 Å². The van der Waals surface area contributed by atoms with E-state index in [1.165, 1.54) is 37.4 Å². The zero-order valence-corrected chi connectivity index (χ0v) is 20.0. The number of hydrogen-bond donors (Lipinski definition) is 2. The highest BCUT2D eigenvalue weighted by Crippen LogP contribution is 2.25. The maximum absolute atomic E-state index is 15.0. The molecule has 9 nitrogen and oxygen atoms in total. The Hall–Kier alpha value is -3.48. The Morgan fingerprint density at radius 1 is 1.18 bits per heavy atom. The number of halogens is 2. The van der Waals surface area contributed by atoms with Gasteiger partial charge in [-0.1, -0.05) is 11.6 Å². The number of fused-ring (bicyclic) bond motifs is 1. The van der Waals surface area contributed by atoms with E-state index in [9.17, 15) is 22.4 Å². The first-order chi connectivity index (χ1) is 16.1. The van der Waals surface area contributed by atoms with Crippen molar-refractivity contribution >= 4 is 55.6 Å². The molecule has 2 N–H and O–H groups in total. The molecule has 34 heavy (non-hydrogen) atoms. The fourth-order valence-electron chi connectivity index (χ4n) is 3.22. The van der Waals surface area contributed by atoms with Crippen molar-refractivity contribution < 1.29 is 22.3 Å². The Bertz CT molecular complexity index is 1600. The number of amides is 2. The third-order valence-corrected chi connectivity index (χ3v) is 7.78. The molecule has 4 rings (SSSR count). The summed E-state index contributed by atoms with van der Waals surface area (Å²) in [5.74, 6) is -0.131. The third-order valence-electron chi connectivity index (χ3n) is 4.73. The summed E-state index contributed by atoms with van der Waals surface area (Å²) in [5.41, 5.74) is -0.187. The molecule has 0 fully saturated rings. The minimum absolute atomic E-state index is 0.0284. The summed E-state index contributed by atoms with van der Waals surface area (Å²) in [4.78, 5) is 29.6. The van der Waals surface area contributed by atoms with E-state index in [2.05, 4.69) is 10.3 Å². The van der Waals surface area contributed by atoms with E-state index in [-0.39, 0.29) is 31.1 Å². The summed E-state index contributed by atoms with van der Waals surface area (Å²) in [6.45, 7) is 1.56. The molecule has 0 aliphatic heterocycles. The maximum atomic E-state index is 15.0. The normalized spacial score (nSPS) is 11.4. The molecule has 2 aromatic carbocycles. The van der Waals surface area contributed by atoms with Crippen LogP contribution in [-0.4, -0.2) is 31.1 Å². The zero-order chi connectivity index (χ0) is 24.6. The van der Waals surface area contributed by atoms with Gasteiger partial charge in [-0.05, 0) is 55.5 Å². The van der Waals surface area contributed by atoms with Crippen molar-refractivity contribution in [1.82, 2.24) is 14.3 Å². The minimum atomic E-state index is -4.14. The maximum Gasteiger partial charge on any atom is 0.333 e. The zero-order valence-electron chi connectivity index (χ0n) is 17.6. The van der Waals surface area contributed by atoms with Crippen LogP contribution in [0.1, 0.15) is 5.82 Å². The van der Waals surface area contributed by atoms with Crippen LogP contribution in [0.3, 0.4) is 0 Å². The molecular weight excluding hydrogens is 507 g/mol. The molecule has 0 aliphatic carbocycles. The van der Waals surface area contributed by atoms with Gasteiger partial charge >= 0.3 is 6.03 Å². The van der Waals surface area contributed by atoms with Crippen molar-refractivity contribution in [2.75, 3.05) is 12.4 Å². The molecule has 0 saturated heterocycles. The number of nitrogens with one attached hydrogen (secondary N) is 2. The number of benzene rings is 2. The van der Waals surface area contributed by atoms with Crippen LogP contribution in [0.4, 0.5) is 14.9 Å². The Morgan fingerprint density at radius 2 is 1.94 bits per heavy atom. The number of aromatic nitrogens is 2. The van der Waals surface area contributed by atoms with Crippen LogP contribution in [0.5, 0.6) is 5.75 Å². The highest BCUT2D eigenvalue weighted by molar-refractivity contribution is 7.92. The van der Waals surface area contributed by atoms with E-state index in [4.69, 9.17) is 16.3 Å². The lowest BCUT2D eigenvalue weighted by atomic mass is 10.2. The number of anilines is 1. The standard InChI is InChI=1S/C21H16ClFN4O5S2/c1-11-24-16-5-4-13(32-2)10-14(16)20(28)27(11)17-6-3-12(9-15(17)23)25-21(29)26-34(30,31)19-8-7-18(22)33-19/h3-10H,1-2H3,(H2,25,26,29). The number of aryl methyl sites for hydroxylation is 1. The molecule has 2 heterocycles. The SMILES string of the molecule is COc1ccc2nc(C)n(-c3ccc(NC(=O)NS(=O)(=O)c4ccc(Cl)s4)cc3F)c(=O)c2c1. The lowest BCUT2D eigenvalue weighted by molar-refractivity contribution is 0.256. The summed E-state index contributed by atoms with van der Waals surface area (Å²) in [5, 5.41) is 2.49. The number of urea groups is 1. The molecule has 13 heteroatoms. The highest BCUT2D eigenvalue weighted by Gasteiger charge is 2.20. The lowest BCUT2D eigenvalue weighted by Crippen LogP contribution is -2.34. The number of hydrogen-bond acceptors (Lipinski definition) is 7. The van der Waals surface area contributed by atoms with Crippen molar-refractivity contribution in [3.63, 3.8) is 0 Å². The minimum Gasteiger partial charge on any atom is -0.497 e. The van der Waals surface area contributed by atoms with Gasteiger partial charge in [0.1, 0.15) is 21.6 Å². The van der Waals surface area contributed by atoms with E-state index in [1.54, 1.807) is 19.1 Å². The van der Waals surface area contributed by atoms with Crippen molar-refractivity contribution in [2.45, 2.75) is 11.1 Å². The average Bonchev–Trinajstić information content (AvgIpc) is 3.22. The summed E-state index contributed by atoms with van der Waals surface area (Å²) in [7, 11) is -2.68. The van der Waals surface area contributed by atoms with Crippen LogP contribution in [0, 0.1) is 12.7 Å². The van der Waals surface area contributed by atoms with E-state index < -0.39 is 27.4 Å². The van der Waals surface area contributed by atoms with E-state index in [1.807, 2.05) is 4.72 Å². The number of methoxy groups -OCH3 is 1. The van der Waals surface area contributed by atoms with Crippen molar-refractivity contribution in [3.05, 3.63) is 74.9 Å². The fraction of sp³-hybridized carbons (Fsp3) is 0.0952. The van der Waals surface area contributed by atoms with Gasteiger partial charge in [0.25, 0.3) is 15.6 Å². The van der Waals surface area contributed by atoms with E-state index in [0.29, 0.717) is 11.3 Å². The van der Waals surface area contributed by atoms with Crippen molar-refractivity contribution in [1.29, 1.82) is 0 Å². The number of rotatable bonds is 5. The molecule has 0 saturated carbocycles. The monoisotopic (exact) mass is 522 g/mol. The number of ether oxygens (including phenoxy) is 1. The smallest absolute Gasteiger partial charge is 0.333 e. The molecule has 0 spiro atoms. The van der Waals surface area contributed by atoms with Crippen LogP contribution < -0.4 is 20.3 Å². The topological polar surface area (TPSA) is 119 Å². The third kappa shape index (κ3) is 4.60. The molecule has 0 aliphatic rings. The first-order valence-electron chi connectivity index (χ1n) is 9.55. The van der Waals surface area contributed by atoms with Gasteiger partial charge in [0.15, 0.2) is 0 Å². The fourth-order valence-corrected chi connectivity index (χ4v) is 5.61. The Labute approximate surface area is 201 Å². The molecule has 0 unspecified atom stereocenters. The predicted octanol–water partition coefficient (Wildman–Crippen LogP) is 4.07. The Kier molecular flexibility index (Phi) is 6.30. The van der Waals surface area contributed by atoms with Crippen LogP contribution in [0.15, 0.2) is 57.5 Å². The predicted molar refractivity (Wildman–Crippen MR) is 127 cm³/mol. The van der Waals surface area contributed by atoms with Gasteiger partial charge in [-0.15, -0.1) is 11.3 Å². The first kappa shape index (κ1) is 23.7. The van der Waals surface area contributed by atoms with Crippen LogP contribution in [0.2, 0.25) is 4.34 Å². The van der Waals surface area contributed by atoms with Crippen molar-refractivity contribution in [3.8, 4) is 11.4 Å². The second-order valence-electron chi connectivity index (χ2n) is 6.97. The number of carbonyl (C=O) groups excluding carboxylic acids is 1. The summed E-state index contributed by atoms with van der Waals surface area (Å²) < 4.78 is 47.6. The number of nitrogens with zero attached hydrogens (tertiary/aromatic N) is 2. The summed E-state index contributed by atoms with van der Waals surface area (Å²) >= 11 is 6.51. The summed E-state index contributed by atoms with van der Waals surface area (Å²) in [6.07, 6.45) is 0. The van der Waals surface area contributed by atoms with Gasteiger partial charge in [-0.2, -0.15) is 0 Å².